The molecule has 1 N–H and O–H groups in total. The van der Waals surface area contributed by atoms with E-state index in [1.165, 1.54) is 11.0 Å². The molecule has 0 saturated carbocycles. The molecule has 0 aliphatic carbocycles. The van der Waals surface area contributed by atoms with Crippen LogP contribution in [0.15, 0.2) is 36.4 Å². The highest BCUT2D eigenvalue weighted by Crippen LogP contribution is 2.32. The smallest absolute Gasteiger partial charge is 0.266 e. The SMILES string of the molecule is Cc1cccc(N2C(=O)c3ccc(C(=O)NC[C@H]4CCCO4)cc3C2=O)c1C. The van der Waals surface area contributed by atoms with Crippen molar-refractivity contribution in [2.45, 2.75) is 32.8 Å². The van der Waals surface area contributed by atoms with Gasteiger partial charge in [-0.15, -0.1) is 0 Å². The molecule has 2 aromatic rings. The van der Waals surface area contributed by atoms with Crippen molar-refractivity contribution < 1.29 is 19.1 Å². The molecule has 3 amide bonds. The second kappa shape index (κ2) is 7.20. The number of fused-ring (bicyclic) bond motifs is 1. The number of hydrogen-bond donors (Lipinski definition) is 1. The average Bonchev–Trinajstić information content (AvgIpc) is 3.30. The van der Waals surface area contributed by atoms with Gasteiger partial charge in [-0.3, -0.25) is 14.4 Å². The summed E-state index contributed by atoms with van der Waals surface area (Å²) in [5.74, 6) is -1.04. The number of carbonyl (C=O) groups excluding carboxylic acids is 3. The van der Waals surface area contributed by atoms with E-state index in [4.69, 9.17) is 4.74 Å². The number of imide groups is 1. The maximum atomic E-state index is 13.0. The van der Waals surface area contributed by atoms with E-state index >= 15 is 0 Å². The Bertz CT molecular complexity index is 976. The first-order valence-corrected chi connectivity index (χ1v) is 9.46. The van der Waals surface area contributed by atoms with E-state index in [9.17, 15) is 14.4 Å². The zero-order valence-electron chi connectivity index (χ0n) is 16.0. The highest BCUT2D eigenvalue weighted by molar-refractivity contribution is 6.35. The lowest BCUT2D eigenvalue weighted by Crippen LogP contribution is -2.32. The lowest BCUT2D eigenvalue weighted by Gasteiger charge is -2.17. The minimum absolute atomic E-state index is 0.0429. The summed E-state index contributed by atoms with van der Waals surface area (Å²) in [6.07, 6.45) is 1.98. The van der Waals surface area contributed by atoms with Gasteiger partial charge in [0, 0.05) is 18.7 Å². The van der Waals surface area contributed by atoms with Crippen molar-refractivity contribution in [3.63, 3.8) is 0 Å². The fourth-order valence-corrected chi connectivity index (χ4v) is 3.69. The molecule has 0 unspecified atom stereocenters. The minimum Gasteiger partial charge on any atom is -0.376 e. The summed E-state index contributed by atoms with van der Waals surface area (Å²) in [5, 5.41) is 2.84. The molecule has 2 aliphatic heterocycles. The van der Waals surface area contributed by atoms with Gasteiger partial charge in [0.15, 0.2) is 0 Å². The van der Waals surface area contributed by atoms with E-state index in [0.29, 0.717) is 23.4 Å². The number of nitrogens with one attached hydrogen (secondary N) is 1. The number of benzene rings is 2. The molecular weight excluding hydrogens is 356 g/mol. The van der Waals surface area contributed by atoms with Crippen LogP contribution in [0.3, 0.4) is 0 Å². The number of hydrogen-bond acceptors (Lipinski definition) is 4. The molecule has 28 heavy (non-hydrogen) atoms. The van der Waals surface area contributed by atoms with Crippen LogP contribution in [-0.2, 0) is 4.74 Å². The Morgan fingerprint density at radius 3 is 2.68 bits per heavy atom. The normalized spacial score (nSPS) is 18.5. The monoisotopic (exact) mass is 378 g/mol. The molecule has 1 saturated heterocycles. The highest BCUT2D eigenvalue weighted by atomic mass is 16.5. The highest BCUT2D eigenvalue weighted by Gasteiger charge is 2.38. The second-order valence-electron chi connectivity index (χ2n) is 7.27. The molecule has 0 aromatic heterocycles. The summed E-state index contributed by atoms with van der Waals surface area (Å²) in [7, 11) is 0. The molecule has 0 radical (unpaired) electrons. The van der Waals surface area contributed by atoms with E-state index in [0.717, 1.165) is 30.6 Å². The molecule has 4 rings (SSSR count). The van der Waals surface area contributed by atoms with Crippen LogP contribution in [0.5, 0.6) is 0 Å². The molecule has 0 bridgehead atoms. The number of ether oxygens (including phenoxy) is 1. The summed E-state index contributed by atoms with van der Waals surface area (Å²) < 4.78 is 5.51. The van der Waals surface area contributed by atoms with Gasteiger partial charge in [-0.1, -0.05) is 12.1 Å². The van der Waals surface area contributed by atoms with Crippen molar-refractivity contribution in [1.82, 2.24) is 5.32 Å². The molecule has 0 spiro atoms. The third-order valence-corrected chi connectivity index (χ3v) is 5.48. The Labute approximate surface area is 163 Å². The molecule has 1 atom stereocenters. The number of rotatable bonds is 4. The summed E-state index contributed by atoms with van der Waals surface area (Å²) >= 11 is 0. The van der Waals surface area contributed by atoms with Gasteiger partial charge in [0.25, 0.3) is 17.7 Å². The zero-order valence-corrected chi connectivity index (χ0v) is 16.0. The lowest BCUT2D eigenvalue weighted by molar-refractivity contribution is 0.0857. The zero-order chi connectivity index (χ0) is 19.8. The van der Waals surface area contributed by atoms with Crippen molar-refractivity contribution in [1.29, 1.82) is 0 Å². The number of nitrogens with zero attached hydrogens (tertiary/aromatic N) is 1. The summed E-state index contributed by atoms with van der Waals surface area (Å²) in [4.78, 5) is 39.5. The molecular formula is C22H22N2O4. The molecule has 144 valence electrons. The van der Waals surface area contributed by atoms with Crippen molar-refractivity contribution in [2.24, 2.45) is 0 Å². The Hall–Kier alpha value is -2.99. The van der Waals surface area contributed by atoms with Gasteiger partial charge in [0.1, 0.15) is 0 Å². The first-order chi connectivity index (χ1) is 13.5. The van der Waals surface area contributed by atoms with Gasteiger partial charge in [-0.25, -0.2) is 4.90 Å². The first kappa shape index (κ1) is 18.4. The van der Waals surface area contributed by atoms with E-state index in [-0.39, 0.29) is 23.5 Å². The molecule has 2 aliphatic rings. The molecule has 6 nitrogen and oxygen atoms in total. The van der Waals surface area contributed by atoms with Crippen LogP contribution in [-0.4, -0.2) is 37.0 Å². The summed E-state index contributed by atoms with van der Waals surface area (Å²) in [6.45, 7) is 4.99. The van der Waals surface area contributed by atoms with E-state index < -0.39 is 5.91 Å². The van der Waals surface area contributed by atoms with E-state index in [2.05, 4.69) is 5.32 Å². The Kier molecular flexibility index (Phi) is 4.73. The fourth-order valence-electron chi connectivity index (χ4n) is 3.69. The van der Waals surface area contributed by atoms with Crippen LogP contribution in [0, 0.1) is 13.8 Å². The van der Waals surface area contributed by atoms with Crippen molar-refractivity contribution in [3.8, 4) is 0 Å². The van der Waals surface area contributed by atoms with Crippen LogP contribution in [0.2, 0.25) is 0 Å². The quantitative estimate of drug-likeness (QED) is 0.830. The van der Waals surface area contributed by atoms with Crippen LogP contribution in [0.4, 0.5) is 5.69 Å². The Morgan fingerprint density at radius 2 is 1.93 bits per heavy atom. The van der Waals surface area contributed by atoms with Crippen LogP contribution in [0.1, 0.15) is 55.0 Å². The molecule has 6 heteroatoms. The van der Waals surface area contributed by atoms with Gasteiger partial charge < -0.3 is 10.1 Å². The van der Waals surface area contributed by atoms with Gasteiger partial charge in [0.2, 0.25) is 0 Å². The molecule has 2 heterocycles. The van der Waals surface area contributed by atoms with Crippen LogP contribution in [0.25, 0.3) is 0 Å². The number of carbonyl (C=O) groups is 3. The van der Waals surface area contributed by atoms with Gasteiger partial charge in [-0.2, -0.15) is 0 Å². The van der Waals surface area contributed by atoms with Gasteiger partial charge in [0.05, 0.1) is 22.9 Å². The molecule has 2 aromatic carbocycles. The van der Waals surface area contributed by atoms with Crippen LogP contribution >= 0.6 is 0 Å². The topological polar surface area (TPSA) is 75.7 Å². The van der Waals surface area contributed by atoms with Gasteiger partial charge >= 0.3 is 0 Å². The summed E-state index contributed by atoms with van der Waals surface area (Å²) in [6, 6.07) is 10.2. The van der Waals surface area contributed by atoms with Crippen molar-refractivity contribution in [2.75, 3.05) is 18.1 Å². The predicted molar refractivity (Wildman–Crippen MR) is 105 cm³/mol. The fraction of sp³-hybridized carbons (Fsp3) is 0.318. The predicted octanol–water partition coefficient (Wildman–Crippen LogP) is 3.01. The lowest BCUT2D eigenvalue weighted by atomic mass is 10.1. The number of anilines is 1. The van der Waals surface area contributed by atoms with Crippen molar-refractivity contribution in [3.05, 3.63) is 64.2 Å². The van der Waals surface area contributed by atoms with E-state index in [1.54, 1.807) is 18.2 Å². The Morgan fingerprint density at radius 1 is 1.14 bits per heavy atom. The molecule has 1 fully saturated rings. The average molecular weight is 378 g/mol. The maximum Gasteiger partial charge on any atom is 0.266 e. The number of amides is 3. The third kappa shape index (κ3) is 3.10. The van der Waals surface area contributed by atoms with Gasteiger partial charge in [-0.05, 0) is 62.1 Å². The number of aryl methyl sites for hydroxylation is 1. The first-order valence-electron chi connectivity index (χ1n) is 9.46. The maximum absolute atomic E-state index is 13.0. The minimum atomic E-state index is -0.400. The van der Waals surface area contributed by atoms with E-state index in [1.807, 2.05) is 26.0 Å². The largest absolute Gasteiger partial charge is 0.376 e. The van der Waals surface area contributed by atoms with Crippen LogP contribution < -0.4 is 10.2 Å². The third-order valence-electron chi connectivity index (χ3n) is 5.48. The standard InChI is InChI=1S/C22H22N2O4/c1-13-5-3-7-19(14(13)2)24-21(26)17-9-8-15(11-18(17)22(24)27)20(25)23-12-16-6-4-10-28-16/h3,5,7-9,11,16H,4,6,10,12H2,1-2H3,(H,23,25)/t16-/m1/s1. The van der Waals surface area contributed by atoms with Crippen molar-refractivity contribution >= 4 is 23.4 Å². The summed E-state index contributed by atoms with van der Waals surface area (Å²) in [5.41, 5.74) is 3.41. The second-order valence-corrected chi connectivity index (χ2v) is 7.27. The Balaban J connectivity index is 1.58.